The van der Waals surface area contributed by atoms with E-state index in [0.29, 0.717) is 54.1 Å². The van der Waals surface area contributed by atoms with Crippen molar-refractivity contribution in [2.75, 3.05) is 6.61 Å². The van der Waals surface area contributed by atoms with E-state index < -0.39 is 29.5 Å². The molecule has 23 aliphatic rings. The SMILES string of the molecule is CC1C(=O)OC(=O)C1C.CC1C(=O)OC(=O)C1C.CC1C2CCC(C2)C1C.CC1C2CCC(C2)C1C.CCC(C)(C)C(=O)OC1(CC)C2CC3CC(C2)CC1C3.CCC(C)C(=O)OC1(C)C2CC3CC(C2)CC1C3.CCC(C)C(=O)OC12CC3CC(C1)C(=O)C(C3)C2.CCC(C)C(=O)OC12CC3CC(C1)OC(=O)C(C3)C2.CCC(C)C(=O)OC1COC(=O)C1. The maximum absolute atomic E-state index is 12.6. The van der Waals surface area contributed by atoms with Crippen LogP contribution in [-0.4, -0.2) is 113 Å². The van der Waals surface area contributed by atoms with Gasteiger partial charge in [0.25, 0.3) is 0 Å². The van der Waals surface area contributed by atoms with Crippen molar-refractivity contribution in [3.8, 4) is 0 Å². The van der Waals surface area contributed by atoms with E-state index in [9.17, 15) is 57.5 Å². The third kappa shape index (κ3) is 22.3. The first-order valence-corrected chi connectivity index (χ1v) is 50.0. The minimum Gasteiger partial charge on any atom is -0.462 e. The van der Waals surface area contributed by atoms with Crippen LogP contribution in [-0.2, 0) is 100 Å². The molecule has 124 heavy (non-hydrogen) atoms. The molecule has 5 aliphatic heterocycles. The Morgan fingerprint density at radius 3 is 1.10 bits per heavy atom. The van der Waals surface area contributed by atoms with E-state index in [4.69, 9.17) is 28.4 Å². The van der Waals surface area contributed by atoms with Crippen LogP contribution in [0.1, 0.15) is 357 Å². The molecule has 5 heterocycles. The predicted molar refractivity (Wildman–Crippen MR) is 468 cm³/mol. The van der Waals surface area contributed by atoms with Gasteiger partial charge in [0.05, 0.1) is 65.1 Å². The lowest BCUT2D eigenvalue weighted by Gasteiger charge is -2.60. The summed E-state index contributed by atoms with van der Waals surface area (Å²) in [6, 6.07) is 0. The Hall–Kier alpha value is -5.76. The molecule has 23 rings (SSSR count). The van der Waals surface area contributed by atoms with Gasteiger partial charge in [0, 0.05) is 24.7 Å². The lowest BCUT2D eigenvalue weighted by molar-refractivity contribution is -0.218. The highest BCUT2D eigenvalue weighted by atomic mass is 16.6. The maximum Gasteiger partial charge on any atom is 0.317 e. The zero-order valence-electron chi connectivity index (χ0n) is 80.0. The number of fused-ring (bicyclic) bond motifs is 5. The summed E-state index contributed by atoms with van der Waals surface area (Å²) in [6.45, 7) is 42.9. The fourth-order valence-electron chi connectivity index (χ4n) is 26.4. The van der Waals surface area contributed by atoms with Crippen molar-refractivity contribution < 1.29 is 100 Å². The van der Waals surface area contributed by atoms with Gasteiger partial charge in [-0.15, -0.1) is 0 Å². The number of esters is 11. The second-order valence-electron chi connectivity index (χ2n) is 44.7. The monoisotopic (exact) mass is 1740 g/mol. The molecule has 23 atom stereocenters. The summed E-state index contributed by atoms with van der Waals surface area (Å²) in [7, 11) is 0. The van der Waals surface area contributed by atoms with Crippen LogP contribution in [0.3, 0.4) is 0 Å². The lowest BCUT2D eigenvalue weighted by atomic mass is 9.49. The summed E-state index contributed by atoms with van der Waals surface area (Å²) in [6.07, 6.45) is 36.3. The number of carbonyl (C=O) groups is 12. The van der Waals surface area contributed by atoms with Crippen molar-refractivity contribution in [3.63, 3.8) is 0 Å². The standard InChI is InChI=1S/C18H30O2.C16H26O2.C15H22O4.C15H22O3.C9H14O4.2C9H16.2C6H8O3/c1-5-17(3,4)16(19)20-18(6-2)14-8-12-7-13(10-14)11-15(18)9-12;1-4-10(2)15(17)18-16(3)13-6-11-5-12(8-13)9-14(16)7-11;1-3-9(2)13(16)19-15-6-10-4-11(7-15)14(17)18-12(5-10)8-15;1-3-9(2)14(17)18-15-6-10-4-11(7-15)13(16)12(5-10)8-15;1-3-6(2)9(11)13-7-4-8(10)12-5-7;2*1-6-7(2)9-4-3-8(6)5-9;2*1-3-4(2)6(8)9-5(3)7/h12-15H,5-11H2,1-4H3;10-14H,4-9H2,1-3H3;9-12H,3-8H2,1-2H3;9-12H,3-8H2,1-2H3;6-7H,3-5H2,1-2H3;2*6-9H,3-5H2,1-2H3;2*3-4H,1-2H3. The summed E-state index contributed by atoms with van der Waals surface area (Å²) >= 11 is 0. The maximum atomic E-state index is 12.6. The lowest BCUT2D eigenvalue weighted by Crippen LogP contribution is -2.60. The van der Waals surface area contributed by atoms with Crippen LogP contribution in [0.15, 0.2) is 0 Å². The zero-order valence-corrected chi connectivity index (χ0v) is 80.0. The predicted octanol–water partition coefficient (Wildman–Crippen LogP) is 20.5. The van der Waals surface area contributed by atoms with Gasteiger partial charge < -0.3 is 42.6 Å². The van der Waals surface area contributed by atoms with Crippen LogP contribution in [0, 0.1) is 177 Å². The van der Waals surface area contributed by atoms with Gasteiger partial charge >= 0.3 is 65.7 Å². The average Bonchev–Trinajstić information content (AvgIpc) is 1.06. The minimum absolute atomic E-state index is 0.0197. The highest BCUT2D eigenvalue weighted by molar-refractivity contribution is 5.96. The average molecular weight is 1740 g/mol. The van der Waals surface area contributed by atoms with Crippen LogP contribution in [0.25, 0.3) is 0 Å². The number of ether oxygens (including phenoxy) is 9. The van der Waals surface area contributed by atoms with E-state index in [2.05, 4.69) is 69.6 Å². The van der Waals surface area contributed by atoms with Crippen molar-refractivity contribution >= 4 is 71.4 Å². The molecule has 20 bridgehead atoms. The van der Waals surface area contributed by atoms with Gasteiger partial charge in [-0.25, -0.2) is 0 Å². The molecule has 0 N–H and O–H groups in total. The number of cyclic esters (lactones) is 5. The molecule has 0 aromatic carbocycles. The van der Waals surface area contributed by atoms with Crippen molar-refractivity contribution in [2.45, 2.75) is 392 Å². The van der Waals surface area contributed by atoms with E-state index in [1.165, 1.54) is 89.9 Å². The molecular formula is C103H162O21. The van der Waals surface area contributed by atoms with Gasteiger partial charge in [-0.1, -0.05) is 125 Å². The number of carbonyl (C=O) groups excluding carboxylic acids is 12. The third-order valence-electron chi connectivity index (χ3n) is 36.4. The Bertz CT molecular complexity index is 3560. The second-order valence-corrected chi connectivity index (χ2v) is 44.7. The molecule has 21 nitrogen and oxygen atoms in total. The normalized spacial score (nSPS) is 42.1. The Morgan fingerprint density at radius 2 is 0.758 bits per heavy atom. The third-order valence-corrected chi connectivity index (χ3v) is 36.4. The van der Waals surface area contributed by atoms with Crippen LogP contribution < -0.4 is 0 Å². The van der Waals surface area contributed by atoms with E-state index >= 15 is 0 Å². The van der Waals surface area contributed by atoms with E-state index in [1.807, 2.05) is 55.4 Å². The first-order chi connectivity index (χ1) is 58.4. The van der Waals surface area contributed by atoms with E-state index in [1.54, 1.807) is 47.5 Å². The van der Waals surface area contributed by atoms with Crippen LogP contribution in [0.5, 0.6) is 0 Å². The molecule has 0 aromatic heterocycles. The van der Waals surface area contributed by atoms with Crippen LogP contribution in [0.2, 0.25) is 0 Å². The summed E-state index contributed by atoms with van der Waals surface area (Å²) in [5.41, 5.74) is -1.32. The molecule has 0 aromatic rings. The van der Waals surface area contributed by atoms with Crippen molar-refractivity contribution in [3.05, 3.63) is 0 Å². The molecule has 21 heteroatoms. The van der Waals surface area contributed by atoms with Crippen molar-refractivity contribution in [1.82, 2.24) is 0 Å². The smallest absolute Gasteiger partial charge is 0.317 e. The Kier molecular flexibility index (Phi) is 32.8. The molecular weight excluding hydrogens is 1570 g/mol. The molecule has 700 valence electrons. The zero-order chi connectivity index (χ0) is 90.7. The highest BCUT2D eigenvalue weighted by Gasteiger charge is 2.62. The fourth-order valence-corrected chi connectivity index (χ4v) is 26.4. The number of Topliss-reactive ketones (excluding diaryl/α,β-unsaturated/α-hetero) is 1. The molecule has 0 spiro atoms. The first-order valence-electron chi connectivity index (χ1n) is 50.0. The van der Waals surface area contributed by atoms with Crippen molar-refractivity contribution in [1.29, 1.82) is 0 Å². The molecule has 0 radical (unpaired) electrons. The quantitative estimate of drug-likeness (QED) is 0.0788. The van der Waals surface area contributed by atoms with E-state index in [0.717, 1.165) is 161 Å². The summed E-state index contributed by atoms with van der Waals surface area (Å²) in [5, 5.41) is 0. The molecule has 5 saturated heterocycles. The Labute approximate surface area is 743 Å². The van der Waals surface area contributed by atoms with Crippen molar-refractivity contribution in [2.24, 2.45) is 177 Å². The van der Waals surface area contributed by atoms with Crippen LogP contribution in [0.4, 0.5) is 0 Å². The Balaban J connectivity index is 0.000000138. The summed E-state index contributed by atoms with van der Waals surface area (Å²) < 4.78 is 47.9. The first kappa shape index (κ1) is 98.8. The molecule has 0 amide bonds. The summed E-state index contributed by atoms with van der Waals surface area (Å²) in [4.78, 5) is 137. The molecule has 18 saturated carbocycles. The number of hydrogen-bond acceptors (Lipinski definition) is 21. The second kappa shape index (κ2) is 41.1. The van der Waals surface area contributed by atoms with E-state index in [-0.39, 0.29) is 154 Å². The van der Waals surface area contributed by atoms with Gasteiger partial charge in [0.1, 0.15) is 47.0 Å². The summed E-state index contributed by atoms with van der Waals surface area (Å²) in [5.74, 6) is 13.3. The van der Waals surface area contributed by atoms with Gasteiger partial charge in [-0.05, 0) is 320 Å². The molecule has 23 fully saturated rings. The van der Waals surface area contributed by atoms with Gasteiger partial charge in [0.2, 0.25) is 0 Å². The molecule has 23 unspecified atom stereocenters. The Morgan fingerprint density at radius 1 is 0.403 bits per heavy atom. The van der Waals surface area contributed by atoms with Crippen LogP contribution >= 0.6 is 0 Å². The van der Waals surface area contributed by atoms with Gasteiger partial charge in [-0.2, -0.15) is 0 Å². The highest BCUT2D eigenvalue weighted by Crippen LogP contribution is 2.63. The largest absolute Gasteiger partial charge is 0.462 e. The number of hydrogen-bond donors (Lipinski definition) is 0. The van der Waals surface area contributed by atoms with Gasteiger partial charge in [0.15, 0.2) is 0 Å². The topological polar surface area (TPSA) is 288 Å². The minimum atomic E-state index is -0.427. The van der Waals surface area contributed by atoms with Gasteiger partial charge in [-0.3, -0.25) is 57.5 Å². The number of ketones is 1. The molecule has 18 aliphatic carbocycles. The number of rotatable bonds is 16. The fraction of sp³-hybridized carbons (Fsp3) is 0.883.